The number of fused-ring (bicyclic) bond motifs is 1. The molecule has 0 aromatic heterocycles. The first-order valence-electron chi connectivity index (χ1n) is 8.35. The lowest BCUT2D eigenvalue weighted by atomic mass is 9.92. The van der Waals surface area contributed by atoms with Crippen molar-refractivity contribution in [2.75, 3.05) is 19.6 Å². The number of benzene rings is 1. The van der Waals surface area contributed by atoms with Gasteiger partial charge in [0.2, 0.25) is 11.8 Å². The number of hydrogen-bond acceptors (Lipinski definition) is 3. The number of likely N-dealkylation sites (tertiary alicyclic amines) is 1. The van der Waals surface area contributed by atoms with Crippen LogP contribution in [0.3, 0.4) is 0 Å². The van der Waals surface area contributed by atoms with Crippen LogP contribution in [-0.4, -0.2) is 52.3 Å². The third-order valence-electron chi connectivity index (χ3n) is 5.07. The minimum atomic E-state index is -0.946. The third-order valence-corrected chi connectivity index (χ3v) is 5.07. The first kappa shape index (κ1) is 16.5. The van der Waals surface area contributed by atoms with Crippen LogP contribution in [0.1, 0.15) is 41.3 Å². The predicted molar refractivity (Wildman–Crippen MR) is 87.5 cm³/mol. The molecular formula is C18H22N2O4. The van der Waals surface area contributed by atoms with E-state index in [1.165, 1.54) is 0 Å². The molecule has 1 N–H and O–H groups in total. The molecule has 1 aromatic carbocycles. The topological polar surface area (TPSA) is 77.9 Å². The van der Waals surface area contributed by atoms with E-state index in [-0.39, 0.29) is 23.3 Å². The Kier molecular flexibility index (Phi) is 4.55. The number of carboxylic acid groups (broad SMARTS) is 1. The van der Waals surface area contributed by atoms with Crippen LogP contribution in [0.15, 0.2) is 18.2 Å². The highest BCUT2D eigenvalue weighted by molar-refractivity contribution is 5.88. The lowest BCUT2D eigenvalue weighted by Gasteiger charge is -2.36. The van der Waals surface area contributed by atoms with E-state index in [0.29, 0.717) is 39.0 Å². The maximum atomic E-state index is 12.8. The van der Waals surface area contributed by atoms with E-state index >= 15 is 0 Å². The van der Waals surface area contributed by atoms with Crippen molar-refractivity contribution in [1.82, 2.24) is 9.80 Å². The van der Waals surface area contributed by atoms with Crippen molar-refractivity contribution in [2.45, 2.75) is 32.7 Å². The maximum absolute atomic E-state index is 12.8. The van der Waals surface area contributed by atoms with Gasteiger partial charge < -0.3 is 14.9 Å². The van der Waals surface area contributed by atoms with Gasteiger partial charge in [-0.25, -0.2) is 4.79 Å². The molecule has 2 heterocycles. The summed E-state index contributed by atoms with van der Waals surface area (Å²) in [5.41, 5.74) is 2.31. The number of aromatic carboxylic acids is 1. The Bertz CT molecular complexity index is 678. The smallest absolute Gasteiger partial charge is 0.335 e. The van der Waals surface area contributed by atoms with E-state index in [1.807, 2.05) is 11.0 Å². The van der Waals surface area contributed by atoms with Gasteiger partial charge in [-0.05, 0) is 42.5 Å². The molecule has 3 rings (SSSR count). The molecule has 0 aliphatic carbocycles. The van der Waals surface area contributed by atoms with Crippen molar-refractivity contribution in [3.8, 4) is 0 Å². The Morgan fingerprint density at radius 2 is 1.75 bits per heavy atom. The summed E-state index contributed by atoms with van der Waals surface area (Å²) in [6.07, 6.45) is 2.17. The van der Waals surface area contributed by atoms with Gasteiger partial charge in [-0.15, -0.1) is 0 Å². The summed E-state index contributed by atoms with van der Waals surface area (Å²) in [5.74, 6) is -0.791. The molecule has 0 atom stereocenters. The van der Waals surface area contributed by atoms with Crippen molar-refractivity contribution >= 4 is 17.8 Å². The summed E-state index contributed by atoms with van der Waals surface area (Å²) in [6, 6.07) is 5.15. The van der Waals surface area contributed by atoms with Crippen LogP contribution in [0.25, 0.3) is 0 Å². The minimum absolute atomic E-state index is 0.0372. The molecule has 2 aliphatic rings. The minimum Gasteiger partial charge on any atom is -0.478 e. The largest absolute Gasteiger partial charge is 0.478 e. The van der Waals surface area contributed by atoms with E-state index < -0.39 is 5.97 Å². The molecule has 2 amide bonds. The molecule has 0 unspecified atom stereocenters. The van der Waals surface area contributed by atoms with Gasteiger partial charge in [0.15, 0.2) is 0 Å². The molecule has 0 bridgehead atoms. The lowest BCUT2D eigenvalue weighted by molar-refractivity contribution is -0.140. The molecule has 1 saturated heterocycles. The molecule has 2 aliphatic heterocycles. The third kappa shape index (κ3) is 3.27. The SMILES string of the molecule is CC(=O)N1CCC(C(=O)N2CCc3ccc(C(=O)O)cc3C2)CC1. The number of amides is 2. The van der Waals surface area contributed by atoms with Gasteiger partial charge in [-0.1, -0.05) is 6.07 Å². The summed E-state index contributed by atoms with van der Waals surface area (Å²) in [7, 11) is 0. The summed E-state index contributed by atoms with van der Waals surface area (Å²) in [5, 5.41) is 9.12. The van der Waals surface area contributed by atoms with Gasteiger partial charge in [0.25, 0.3) is 0 Å². The van der Waals surface area contributed by atoms with Gasteiger partial charge in [0.1, 0.15) is 0 Å². The van der Waals surface area contributed by atoms with Gasteiger partial charge in [0.05, 0.1) is 5.56 Å². The van der Waals surface area contributed by atoms with E-state index in [0.717, 1.165) is 17.5 Å². The number of piperidine rings is 1. The molecule has 128 valence electrons. The molecule has 1 fully saturated rings. The summed E-state index contributed by atoms with van der Waals surface area (Å²) < 4.78 is 0. The molecule has 0 spiro atoms. The van der Waals surface area contributed by atoms with Crippen LogP contribution in [0.2, 0.25) is 0 Å². The summed E-state index contributed by atoms with van der Waals surface area (Å²) in [6.45, 7) is 3.98. The molecule has 24 heavy (non-hydrogen) atoms. The van der Waals surface area contributed by atoms with E-state index in [9.17, 15) is 14.4 Å². The highest BCUT2D eigenvalue weighted by Crippen LogP contribution is 2.25. The molecule has 0 radical (unpaired) electrons. The summed E-state index contributed by atoms with van der Waals surface area (Å²) >= 11 is 0. The van der Waals surface area contributed by atoms with Crippen molar-refractivity contribution < 1.29 is 19.5 Å². The molecule has 6 nitrogen and oxygen atoms in total. The second kappa shape index (κ2) is 6.63. The number of rotatable bonds is 2. The number of nitrogens with zero attached hydrogens (tertiary/aromatic N) is 2. The number of carbonyl (C=O) groups excluding carboxylic acids is 2. The number of carboxylic acids is 1. The number of carbonyl (C=O) groups is 3. The zero-order valence-corrected chi connectivity index (χ0v) is 13.8. The number of hydrogen-bond donors (Lipinski definition) is 1. The Morgan fingerprint density at radius 1 is 1.04 bits per heavy atom. The molecule has 0 saturated carbocycles. The first-order chi connectivity index (χ1) is 11.5. The second-order valence-electron chi connectivity index (χ2n) is 6.58. The zero-order chi connectivity index (χ0) is 17.3. The van der Waals surface area contributed by atoms with Crippen molar-refractivity contribution in [1.29, 1.82) is 0 Å². The Hall–Kier alpha value is -2.37. The highest BCUT2D eigenvalue weighted by atomic mass is 16.4. The fourth-order valence-corrected chi connectivity index (χ4v) is 3.58. The summed E-state index contributed by atoms with van der Waals surface area (Å²) in [4.78, 5) is 38.9. The van der Waals surface area contributed by atoms with Gasteiger partial charge in [-0.2, -0.15) is 0 Å². The Morgan fingerprint density at radius 3 is 2.38 bits per heavy atom. The molecule has 1 aromatic rings. The maximum Gasteiger partial charge on any atom is 0.335 e. The van der Waals surface area contributed by atoms with Crippen molar-refractivity contribution in [3.05, 3.63) is 34.9 Å². The van der Waals surface area contributed by atoms with Gasteiger partial charge in [-0.3, -0.25) is 9.59 Å². The lowest BCUT2D eigenvalue weighted by Crippen LogP contribution is -2.45. The highest BCUT2D eigenvalue weighted by Gasteiger charge is 2.31. The average Bonchev–Trinajstić information content (AvgIpc) is 2.60. The van der Waals surface area contributed by atoms with Crippen LogP contribution in [0.5, 0.6) is 0 Å². The molecule has 6 heteroatoms. The standard InChI is InChI=1S/C18H22N2O4/c1-12(21)19-7-5-14(6-8-19)17(22)20-9-4-13-2-3-15(18(23)24)10-16(13)11-20/h2-3,10,14H,4-9,11H2,1H3,(H,23,24). The normalized spacial score (nSPS) is 18.2. The monoisotopic (exact) mass is 330 g/mol. The van der Waals surface area contributed by atoms with Crippen LogP contribution in [-0.2, 0) is 22.6 Å². The van der Waals surface area contributed by atoms with Crippen LogP contribution in [0.4, 0.5) is 0 Å². The Labute approximate surface area is 141 Å². The quantitative estimate of drug-likeness (QED) is 0.892. The van der Waals surface area contributed by atoms with Crippen LogP contribution >= 0.6 is 0 Å². The average molecular weight is 330 g/mol. The predicted octanol–water partition coefficient (Wildman–Crippen LogP) is 1.53. The molecular weight excluding hydrogens is 308 g/mol. The first-order valence-corrected chi connectivity index (χ1v) is 8.35. The van der Waals surface area contributed by atoms with Gasteiger partial charge in [0, 0.05) is 39.0 Å². The second-order valence-corrected chi connectivity index (χ2v) is 6.58. The van der Waals surface area contributed by atoms with Crippen molar-refractivity contribution in [3.63, 3.8) is 0 Å². The Balaban J connectivity index is 1.66. The fraction of sp³-hybridized carbons (Fsp3) is 0.500. The van der Waals surface area contributed by atoms with E-state index in [4.69, 9.17) is 5.11 Å². The van der Waals surface area contributed by atoms with E-state index in [1.54, 1.807) is 24.0 Å². The van der Waals surface area contributed by atoms with Crippen molar-refractivity contribution in [2.24, 2.45) is 5.92 Å². The zero-order valence-electron chi connectivity index (χ0n) is 13.8. The van der Waals surface area contributed by atoms with Crippen LogP contribution in [0, 0.1) is 5.92 Å². The van der Waals surface area contributed by atoms with E-state index in [2.05, 4.69) is 0 Å². The fourth-order valence-electron chi connectivity index (χ4n) is 3.58. The van der Waals surface area contributed by atoms with Crippen LogP contribution < -0.4 is 0 Å². The van der Waals surface area contributed by atoms with Gasteiger partial charge >= 0.3 is 5.97 Å².